The number of carbonyl (C=O) groups excluding carboxylic acids is 1. The maximum Gasteiger partial charge on any atom is 0.246 e. The Labute approximate surface area is 160 Å². The Kier molecular flexibility index (Phi) is 4.95. The molecule has 1 amide bonds. The number of nitrogens with zero attached hydrogens (tertiary/aromatic N) is 3. The number of hydrogen-bond donors (Lipinski definition) is 1. The maximum atomic E-state index is 12.6. The highest BCUT2D eigenvalue weighted by molar-refractivity contribution is 7.15. The van der Waals surface area contributed by atoms with E-state index in [4.69, 9.17) is 4.74 Å². The summed E-state index contributed by atoms with van der Waals surface area (Å²) < 4.78 is 7.06. The van der Waals surface area contributed by atoms with Crippen LogP contribution in [0, 0.1) is 0 Å². The second-order valence-corrected chi connectivity index (χ2v) is 7.08. The van der Waals surface area contributed by atoms with Crippen LogP contribution < -0.4 is 5.32 Å². The van der Waals surface area contributed by atoms with Crippen LogP contribution in [0.1, 0.15) is 5.01 Å². The highest BCUT2D eigenvalue weighted by Gasteiger charge is 2.15. The van der Waals surface area contributed by atoms with Crippen LogP contribution in [0.5, 0.6) is 0 Å². The molecule has 0 bridgehead atoms. The summed E-state index contributed by atoms with van der Waals surface area (Å²) in [6, 6.07) is 20.2. The molecule has 0 unspecified atom stereocenters. The molecule has 0 spiro atoms. The molecule has 0 radical (unpaired) electrons. The largest absolute Gasteiger partial charge is 0.377 e. The quantitative estimate of drug-likeness (QED) is 0.552. The Morgan fingerprint density at radius 1 is 1.11 bits per heavy atom. The van der Waals surface area contributed by atoms with Gasteiger partial charge in [-0.05, 0) is 17.7 Å². The van der Waals surface area contributed by atoms with E-state index in [1.807, 2.05) is 53.1 Å². The summed E-state index contributed by atoms with van der Waals surface area (Å²) in [4.78, 5) is 12.6. The summed E-state index contributed by atoms with van der Waals surface area (Å²) in [5, 5.41) is 13.1. The van der Waals surface area contributed by atoms with Crippen LogP contribution in [0.15, 0.2) is 60.7 Å². The number of nitrogens with one attached hydrogen (secondary N) is 1. The summed E-state index contributed by atoms with van der Waals surface area (Å²) in [7, 11) is 1.60. The summed E-state index contributed by atoms with van der Waals surface area (Å²) in [6.45, 7) is 0.574. The number of ether oxygens (including phenoxy) is 1. The Hall–Kier alpha value is -3.03. The lowest BCUT2D eigenvalue weighted by Crippen LogP contribution is -2.19. The fraction of sp³-hybridized carbons (Fsp3) is 0.150. The Balaban J connectivity index is 1.63. The van der Waals surface area contributed by atoms with Gasteiger partial charge in [0.15, 0.2) is 0 Å². The highest BCUT2D eigenvalue weighted by atomic mass is 32.1. The van der Waals surface area contributed by atoms with E-state index in [0.717, 1.165) is 27.2 Å². The van der Waals surface area contributed by atoms with Gasteiger partial charge in [-0.15, -0.1) is 10.2 Å². The third-order valence-corrected chi connectivity index (χ3v) is 4.98. The van der Waals surface area contributed by atoms with Crippen LogP contribution in [0.25, 0.3) is 22.2 Å². The number of aromatic nitrogens is 3. The molecular weight excluding hydrogens is 360 g/mol. The van der Waals surface area contributed by atoms with Crippen molar-refractivity contribution in [2.24, 2.45) is 0 Å². The van der Waals surface area contributed by atoms with Crippen LogP contribution in [-0.2, 0) is 22.7 Å². The zero-order valence-corrected chi connectivity index (χ0v) is 15.6. The molecule has 0 saturated carbocycles. The van der Waals surface area contributed by atoms with Gasteiger partial charge in [0.25, 0.3) is 0 Å². The zero-order chi connectivity index (χ0) is 18.6. The Morgan fingerprint density at radius 2 is 1.89 bits per heavy atom. The van der Waals surface area contributed by atoms with Crippen molar-refractivity contribution in [2.45, 2.75) is 13.2 Å². The third kappa shape index (κ3) is 3.74. The molecule has 2 heterocycles. The van der Waals surface area contributed by atoms with E-state index in [1.54, 1.807) is 7.11 Å². The smallest absolute Gasteiger partial charge is 0.246 e. The van der Waals surface area contributed by atoms with Crippen molar-refractivity contribution in [2.75, 3.05) is 12.4 Å². The van der Waals surface area contributed by atoms with E-state index < -0.39 is 0 Å². The Bertz CT molecular complexity index is 1070. The van der Waals surface area contributed by atoms with E-state index in [2.05, 4.69) is 27.6 Å². The number of hydrogen-bond acceptors (Lipinski definition) is 5. The van der Waals surface area contributed by atoms with Crippen LogP contribution in [-0.4, -0.2) is 27.8 Å². The van der Waals surface area contributed by atoms with Crippen molar-refractivity contribution < 1.29 is 9.53 Å². The van der Waals surface area contributed by atoms with Crippen molar-refractivity contribution in [1.29, 1.82) is 0 Å². The molecular formula is C20H18N4O2S. The summed E-state index contributed by atoms with van der Waals surface area (Å²) in [6.07, 6.45) is 0. The molecule has 4 aromatic rings. The average Bonchev–Trinajstić information content (AvgIpc) is 3.27. The SMILES string of the molecule is COCc1nnc(NC(=O)Cn2c(-c3ccccc3)cc3ccccc32)s1. The van der Waals surface area contributed by atoms with Crippen molar-refractivity contribution in [3.05, 3.63) is 65.7 Å². The molecule has 136 valence electrons. The van der Waals surface area contributed by atoms with Gasteiger partial charge < -0.3 is 9.30 Å². The van der Waals surface area contributed by atoms with Crippen molar-refractivity contribution in [3.63, 3.8) is 0 Å². The first-order chi connectivity index (χ1) is 13.2. The second kappa shape index (κ2) is 7.69. The standard InChI is InChI=1S/C20H18N4O2S/c1-26-13-19-22-23-20(27-19)21-18(25)12-24-16-10-6-5-9-15(16)11-17(24)14-7-3-2-4-8-14/h2-11H,12-13H2,1H3,(H,21,23,25). The molecule has 1 N–H and O–H groups in total. The molecule has 2 aromatic carbocycles. The molecule has 0 aliphatic carbocycles. The summed E-state index contributed by atoms with van der Waals surface area (Å²) >= 11 is 1.31. The van der Waals surface area contributed by atoms with E-state index in [-0.39, 0.29) is 12.5 Å². The van der Waals surface area contributed by atoms with Gasteiger partial charge in [-0.25, -0.2) is 0 Å². The van der Waals surface area contributed by atoms with Crippen molar-refractivity contribution in [1.82, 2.24) is 14.8 Å². The minimum atomic E-state index is -0.145. The first-order valence-corrected chi connectivity index (χ1v) is 9.31. The number of rotatable bonds is 6. The van der Waals surface area contributed by atoms with Crippen LogP contribution in [0.3, 0.4) is 0 Å². The number of fused-ring (bicyclic) bond motifs is 1. The van der Waals surface area contributed by atoms with Gasteiger partial charge in [-0.1, -0.05) is 59.9 Å². The number of methoxy groups -OCH3 is 1. The maximum absolute atomic E-state index is 12.6. The monoisotopic (exact) mass is 378 g/mol. The number of benzene rings is 2. The van der Waals surface area contributed by atoms with Gasteiger partial charge in [0.2, 0.25) is 11.0 Å². The molecule has 4 rings (SSSR count). The average molecular weight is 378 g/mol. The highest BCUT2D eigenvalue weighted by Crippen LogP contribution is 2.28. The minimum absolute atomic E-state index is 0.145. The lowest BCUT2D eigenvalue weighted by Gasteiger charge is -2.10. The fourth-order valence-corrected chi connectivity index (χ4v) is 3.75. The lowest BCUT2D eigenvalue weighted by atomic mass is 10.1. The molecule has 6 nitrogen and oxygen atoms in total. The van der Waals surface area contributed by atoms with Gasteiger partial charge in [-0.2, -0.15) is 0 Å². The number of carbonyl (C=O) groups is 1. The summed E-state index contributed by atoms with van der Waals surface area (Å²) in [5.41, 5.74) is 3.09. The zero-order valence-electron chi connectivity index (χ0n) is 14.8. The number of anilines is 1. The number of para-hydroxylation sites is 1. The molecule has 7 heteroatoms. The van der Waals surface area contributed by atoms with Gasteiger partial charge in [0.05, 0.1) is 0 Å². The van der Waals surface area contributed by atoms with Gasteiger partial charge >= 0.3 is 0 Å². The van der Waals surface area contributed by atoms with Crippen LogP contribution in [0.4, 0.5) is 5.13 Å². The van der Waals surface area contributed by atoms with E-state index in [0.29, 0.717) is 11.7 Å². The topological polar surface area (TPSA) is 69.0 Å². The molecule has 0 aliphatic heterocycles. The summed E-state index contributed by atoms with van der Waals surface area (Å²) in [5.74, 6) is -0.145. The van der Waals surface area contributed by atoms with Crippen LogP contribution >= 0.6 is 11.3 Å². The number of amides is 1. The molecule has 0 fully saturated rings. The normalized spacial score (nSPS) is 11.0. The first kappa shape index (κ1) is 17.4. The molecule has 0 saturated heterocycles. The van der Waals surface area contributed by atoms with Crippen LogP contribution in [0.2, 0.25) is 0 Å². The van der Waals surface area contributed by atoms with E-state index in [9.17, 15) is 4.79 Å². The van der Waals surface area contributed by atoms with Gasteiger partial charge in [0.1, 0.15) is 18.2 Å². The minimum Gasteiger partial charge on any atom is -0.377 e. The molecule has 27 heavy (non-hydrogen) atoms. The molecule has 2 aromatic heterocycles. The van der Waals surface area contributed by atoms with Gasteiger partial charge in [-0.3, -0.25) is 10.1 Å². The van der Waals surface area contributed by atoms with Crippen molar-refractivity contribution >= 4 is 33.3 Å². The van der Waals surface area contributed by atoms with Gasteiger partial charge in [0, 0.05) is 23.7 Å². The second-order valence-electron chi connectivity index (χ2n) is 6.02. The Morgan fingerprint density at radius 3 is 2.70 bits per heavy atom. The molecule has 0 atom stereocenters. The molecule has 0 aliphatic rings. The third-order valence-electron chi connectivity index (χ3n) is 4.16. The predicted molar refractivity (Wildman–Crippen MR) is 107 cm³/mol. The first-order valence-electron chi connectivity index (χ1n) is 8.49. The van der Waals surface area contributed by atoms with E-state index >= 15 is 0 Å². The lowest BCUT2D eigenvalue weighted by molar-refractivity contribution is -0.116. The van der Waals surface area contributed by atoms with E-state index in [1.165, 1.54) is 11.3 Å². The fourth-order valence-electron chi connectivity index (χ4n) is 3.02. The predicted octanol–water partition coefficient (Wildman–Crippen LogP) is 3.94. The van der Waals surface area contributed by atoms with Crippen molar-refractivity contribution in [3.8, 4) is 11.3 Å².